The van der Waals surface area contributed by atoms with E-state index in [0.717, 1.165) is 11.3 Å². The zero-order valence-electron chi connectivity index (χ0n) is 13.5. The van der Waals surface area contributed by atoms with Gasteiger partial charge in [0.05, 0.1) is 13.2 Å². The molecule has 0 saturated carbocycles. The van der Waals surface area contributed by atoms with E-state index in [-0.39, 0.29) is 11.8 Å². The van der Waals surface area contributed by atoms with Gasteiger partial charge in [-0.2, -0.15) is 4.98 Å². The Balaban J connectivity index is 1.68. The molecule has 0 spiro atoms. The minimum Gasteiger partial charge on any atom is -0.375 e. The maximum atomic E-state index is 12.6. The lowest BCUT2D eigenvalue weighted by Crippen LogP contribution is -2.33. The fraction of sp³-hybridized carbons (Fsp3) is 0.471. The molecule has 1 aromatic heterocycles. The van der Waals surface area contributed by atoms with Gasteiger partial charge in [-0.3, -0.25) is 4.79 Å². The molecule has 3 rings (SSSR count). The predicted molar refractivity (Wildman–Crippen MR) is 85.2 cm³/mol. The first-order valence-corrected chi connectivity index (χ1v) is 7.93. The molecular weight excluding hydrogens is 294 g/mol. The Kier molecular flexibility index (Phi) is 4.71. The Morgan fingerprint density at radius 3 is 2.96 bits per heavy atom. The Bertz CT molecular complexity index is 681. The van der Waals surface area contributed by atoms with Gasteiger partial charge in [0.15, 0.2) is 5.82 Å². The number of fused-ring (bicyclic) bond motifs is 1. The Labute approximate surface area is 135 Å². The van der Waals surface area contributed by atoms with Gasteiger partial charge in [0, 0.05) is 36.6 Å². The van der Waals surface area contributed by atoms with E-state index in [0.29, 0.717) is 44.3 Å². The lowest BCUT2D eigenvalue weighted by Gasteiger charge is -2.21. The average Bonchev–Trinajstić information content (AvgIpc) is 2.92. The van der Waals surface area contributed by atoms with Crippen LogP contribution in [0.2, 0.25) is 0 Å². The number of aryl methyl sites for hydroxylation is 1. The summed E-state index contributed by atoms with van der Waals surface area (Å²) in [6.45, 7) is 5.67. The fourth-order valence-corrected chi connectivity index (χ4v) is 2.57. The number of hydrogen-bond acceptors (Lipinski definition) is 5. The molecule has 0 radical (unpaired) electrons. The van der Waals surface area contributed by atoms with Gasteiger partial charge in [0.1, 0.15) is 0 Å². The van der Waals surface area contributed by atoms with Crippen molar-refractivity contribution in [3.63, 3.8) is 0 Å². The summed E-state index contributed by atoms with van der Waals surface area (Å²) in [5.41, 5.74) is 1.97. The molecule has 0 unspecified atom stereocenters. The highest BCUT2D eigenvalue weighted by Gasteiger charge is 2.21. The molecule has 0 bridgehead atoms. The fourth-order valence-electron chi connectivity index (χ4n) is 2.57. The third-order valence-electron chi connectivity index (χ3n) is 3.85. The van der Waals surface area contributed by atoms with Crippen molar-refractivity contribution in [2.75, 3.05) is 18.1 Å². The van der Waals surface area contributed by atoms with Crippen molar-refractivity contribution in [3.05, 3.63) is 41.5 Å². The van der Waals surface area contributed by atoms with Crippen molar-refractivity contribution in [1.29, 1.82) is 0 Å². The molecule has 1 aliphatic rings. The highest BCUT2D eigenvalue weighted by molar-refractivity contribution is 5.94. The van der Waals surface area contributed by atoms with Gasteiger partial charge in [0.2, 0.25) is 11.8 Å². The molecule has 6 nitrogen and oxygen atoms in total. The number of benzene rings is 1. The maximum Gasteiger partial charge on any atom is 0.227 e. The second-order valence-corrected chi connectivity index (χ2v) is 5.93. The molecule has 122 valence electrons. The summed E-state index contributed by atoms with van der Waals surface area (Å²) < 4.78 is 10.8. The third-order valence-corrected chi connectivity index (χ3v) is 3.85. The Hall–Kier alpha value is -2.21. The van der Waals surface area contributed by atoms with Crippen molar-refractivity contribution >= 4 is 11.6 Å². The van der Waals surface area contributed by atoms with Crippen LogP contribution in [0.25, 0.3) is 0 Å². The van der Waals surface area contributed by atoms with Gasteiger partial charge in [-0.15, -0.1) is 0 Å². The second kappa shape index (κ2) is 6.91. The minimum atomic E-state index is 0.0484. The molecular formula is C17H21N3O3. The quantitative estimate of drug-likeness (QED) is 0.867. The molecule has 1 aliphatic heterocycles. The van der Waals surface area contributed by atoms with E-state index in [9.17, 15) is 4.79 Å². The monoisotopic (exact) mass is 315 g/mol. The number of rotatable bonds is 4. The van der Waals surface area contributed by atoms with E-state index in [1.54, 1.807) is 4.90 Å². The highest BCUT2D eigenvalue weighted by atomic mass is 16.5. The number of carbonyl (C=O) groups excluding carboxylic acids is 1. The first-order chi connectivity index (χ1) is 11.1. The number of ether oxygens (including phenoxy) is 1. The molecule has 0 atom stereocenters. The first-order valence-electron chi connectivity index (χ1n) is 7.93. The summed E-state index contributed by atoms with van der Waals surface area (Å²) >= 11 is 0. The van der Waals surface area contributed by atoms with Crippen molar-refractivity contribution in [1.82, 2.24) is 10.1 Å². The van der Waals surface area contributed by atoms with Crippen LogP contribution < -0.4 is 4.90 Å². The lowest BCUT2D eigenvalue weighted by molar-refractivity contribution is -0.118. The van der Waals surface area contributed by atoms with E-state index in [1.807, 2.05) is 38.1 Å². The number of nitrogens with zero attached hydrogens (tertiary/aromatic N) is 3. The number of amides is 1. The summed E-state index contributed by atoms with van der Waals surface area (Å²) in [6, 6.07) is 7.86. The van der Waals surface area contributed by atoms with Crippen molar-refractivity contribution < 1.29 is 14.1 Å². The molecule has 1 aromatic carbocycles. The van der Waals surface area contributed by atoms with Crippen LogP contribution in [0.1, 0.15) is 43.5 Å². The predicted octanol–water partition coefficient (Wildman–Crippen LogP) is 2.69. The highest BCUT2D eigenvalue weighted by Crippen LogP contribution is 2.24. The standard InChI is InChI=1S/C17H21N3O3/c1-12(2)17-18-15(23-19-17)7-8-16(21)20-9-10-22-11-13-5-3-4-6-14(13)20/h3-6,12H,7-11H2,1-2H3. The lowest BCUT2D eigenvalue weighted by atomic mass is 10.1. The van der Waals surface area contributed by atoms with E-state index in [4.69, 9.17) is 9.26 Å². The molecule has 0 saturated heterocycles. The van der Waals surface area contributed by atoms with E-state index in [1.165, 1.54) is 0 Å². The summed E-state index contributed by atoms with van der Waals surface area (Å²) in [4.78, 5) is 18.7. The topological polar surface area (TPSA) is 68.5 Å². The third kappa shape index (κ3) is 3.59. The number of anilines is 1. The van der Waals surface area contributed by atoms with E-state index in [2.05, 4.69) is 10.1 Å². The average molecular weight is 315 g/mol. The molecule has 0 fully saturated rings. The van der Waals surface area contributed by atoms with Gasteiger partial charge >= 0.3 is 0 Å². The largest absolute Gasteiger partial charge is 0.375 e. The van der Waals surface area contributed by atoms with Crippen LogP contribution >= 0.6 is 0 Å². The number of para-hydroxylation sites is 1. The van der Waals surface area contributed by atoms with Crippen LogP contribution in [0.4, 0.5) is 5.69 Å². The van der Waals surface area contributed by atoms with Crippen LogP contribution in [-0.4, -0.2) is 29.2 Å². The Morgan fingerprint density at radius 1 is 1.35 bits per heavy atom. The van der Waals surface area contributed by atoms with E-state index >= 15 is 0 Å². The van der Waals surface area contributed by atoms with Crippen molar-refractivity contribution in [2.45, 2.75) is 39.2 Å². The summed E-state index contributed by atoms with van der Waals surface area (Å²) in [5.74, 6) is 1.47. The SMILES string of the molecule is CC(C)c1noc(CCC(=O)N2CCOCc3ccccc32)n1. The normalized spacial score (nSPS) is 14.7. The Morgan fingerprint density at radius 2 is 2.17 bits per heavy atom. The maximum absolute atomic E-state index is 12.6. The van der Waals surface area contributed by atoms with Crippen molar-refractivity contribution in [3.8, 4) is 0 Å². The van der Waals surface area contributed by atoms with Crippen LogP contribution in [0.5, 0.6) is 0 Å². The minimum absolute atomic E-state index is 0.0484. The summed E-state index contributed by atoms with van der Waals surface area (Å²) in [5, 5.41) is 3.93. The number of aromatic nitrogens is 2. The van der Waals surface area contributed by atoms with Gasteiger partial charge < -0.3 is 14.2 Å². The van der Waals surface area contributed by atoms with Gasteiger partial charge in [-0.1, -0.05) is 37.2 Å². The molecule has 2 aromatic rings. The van der Waals surface area contributed by atoms with Crippen LogP contribution in [-0.2, 0) is 22.6 Å². The van der Waals surface area contributed by atoms with Crippen molar-refractivity contribution in [2.24, 2.45) is 0 Å². The van der Waals surface area contributed by atoms with Gasteiger partial charge in [-0.05, 0) is 6.07 Å². The zero-order valence-corrected chi connectivity index (χ0v) is 13.5. The van der Waals surface area contributed by atoms with E-state index < -0.39 is 0 Å². The van der Waals surface area contributed by atoms with Gasteiger partial charge in [-0.25, -0.2) is 0 Å². The van der Waals surface area contributed by atoms with Crippen LogP contribution in [0.3, 0.4) is 0 Å². The second-order valence-electron chi connectivity index (χ2n) is 5.93. The van der Waals surface area contributed by atoms with Gasteiger partial charge in [0.25, 0.3) is 0 Å². The summed E-state index contributed by atoms with van der Waals surface area (Å²) in [7, 11) is 0. The smallest absolute Gasteiger partial charge is 0.227 e. The molecule has 0 N–H and O–H groups in total. The zero-order chi connectivity index (χ0) is 16.2. The molecule has 6 heteroatoms. The molecule has 23 heavy (non-hydrogen) atoms. The summed E-state index contributed by atoms with van der Waals surface area (Å²) in [6.07, 6.45) is 0.798. The molecule has 0 aliphatic carbocycles. The molecule has 2 heterocycles. The van der Waals surface area contributed by atoms with Crippen LogP contribution in [0.15, 0.2) is 28.8 Å². The first kappa shape index (κ1) is 15.7. The molecule has 1 amide bonds. The number of carbonyl (C=O) groups is 1. The van der Waals surface area contributed by atoms with Crippen LogP contribution in [0, 0.1) is 0 Å². The number of hydrogen-bond donors (Lipinski definition) is 0.